The molecule has 3 fully saturated rings. The van der Waals surface area contributed by atoms with E-state index in [4.69, 9.17) is 0 Å². The molecule has 0 heteroatoms. The maximum absolute atomic E-state index is 2.42. The number of fused-ring (bicyclic) bond motifs is 5. The first-order valence-electron chi connectivity index (χ1n) is 5.77. The first-order chi connectivity index (χ1) is 5.77. The van der Waals surface area contributed by atoms with Crippen LogP contribution in [-0.4, -0.2) is 0 Å². The monoisotopic (exact) mass is 164 g/mol. The molecule has 0 saturated heterocycles. The Hall–Kier alpha value is 0. The normalized spacial score (nSPS) is 55.8. The molecule has 0 amide bonds. The van der Waals surface area contributed by atoms with Crippen LogP contribution in [0.25, 0.3) is 0 Å². The third kappa shape index (κ3) is 0.744. The molecule has 0 N–H and O–H groups in total. The Balaban J connectivity index is 1.78. The molecule has 0 heterocycles. The van der Waals surface area contributed by atoms with Gasteiger partial charge in [0, 0.05) is 0 Å². The second kappa shape index (κ2) is 2.27. The van der Waals surface area contributed by atoms with Gasteiger partial charge >= 0.3 is 0 Å². The lowest BCUT2D eigenvalue weighted by Gasteiger charge is -2.49. The van der Waals surface area contributed by atoms with Crippen LogP contribution in [0.3, 0.4) is 0 Å². The fourth-order valence-electron chi connectivity index (χ4n) is 4.46. The predicted octanol–water partition coefficient (Wildman–Crippen LogP) is 3.32. The van der Waals surface area contributed by atoms with Crippen molar-refractivity contribution in [2.75, 3.05) is 0 Å². The summed E-state index contributed by atoms with van der Waals surface area (Å²) >= 11 is 0. The first kappa shape index (κ1) is 7.41. The van der Waals surface area contributed by atoms with Crippen LogP contribution < -0.4 is 0 Å². The minimum Gasteiger partial charge on any atom is -0.0625 e. The van der Waals surface area contributed by atoms with E-state index in [1.54, 1.807) is 25.7 Å². The Morgan fingerprint density at radius 2 is 1.75 bits per heavy atom. The Labute approximate surface area is 75.7 Å². The van der Waals surface area contributed by atoms with Gasteiger partial charge < -0.3 is 0 Å². The molecule has 5 atom stereocenters. The van der Waals surface area contributed by atoms with E-state index in [1.165, 1.54) is 23.7 Å². The van der Waals surface area contributed by atoms with E-state index in [1.807, 2.05) is 0 Å². The van der Waals surface area contributed by atoms with Crippen LogP contribution >= 0.6 is 0 Å². The lowest BCUT2D eigenvalue weighted by atomic mass is 9.56. The van der Waals surface area contributed by atoms with Crippen molar-refractivity contribution in [3.63, 3.8) is 0 Å². The highest BCUT2D eigenvalue weighted by molar-refractivity contribution is 5.06. The molecule has 3 rings (SSSR count). The maximum Gasteiger partial charge on any atom is -0.0324 e. The smallest absolute Gasteiger partial charge is 0.0324 e. The van der Waals surface area contributed by atoms with Gasteiger partial charge in [0.15, 0.2) is 0 Å². The Bertz CT molecular complexity index is 192. The van der Waals surface area contributed by atoms with E-state index in [2.05, 4.69) is 13.8 Å². The van der Waals surface area contributed by atoms with Gasteiger partial charge in [-0.25, -0.2) is 0 Å². The molecular weight excluding hydrogens is 144 g/mol. The molecule has 0 aromatic rings. The van der Waals surface area contributed by atoms with E-state index in [-0.39, 0.29) is 0 Å². The molecule has 0 nitrogen and oxygen atoms in total. The first-order valence-corrected chi connectivity index (χ1v) is 5.77. The van der Waals surface area contributed by atoms with E-state index in [9.17, 15) is 0 Å². The van der Waals surface area contributed by atoms with E-state index >= 15 is 0 Å². The minimum absolute atomic E-state index is 0.964. The summed E-state index contributed by atoms with van der Waals surface area (Å²) in [5, 5.41) is 0. The standard InChI is InChI=1S/C12H20/c1-7(2)10-6-11-8-3-4-9(5-8)12(10)11/h7-12H,3-6H2,1-2H3. The van der Waals surface area contributed by atoms with Gasteiger partial charge in [-0.05, 0) is 61.2 Å². The van der Waals surface area contributed by atoms with Crippen molar-refractivity contribution in [3.05, 3.63) is 0 Å². The molecule has 0 aromatic heterocycles. The van der Waals surface area contributed by atoms with Gasteiger partial charge in [-0.15, -0.1) is 0 Å². The molecule has 3 saturated carbocycles. The van der Waals surface area contributed by atoms with Crippen LogP contribution in [0.15, 0.2) is 0 Å². The maximum atomic E-state index is 2.42. The quantitative estimate of drug-likeness (QED) is 0.557. The average molecular weight is 164 g/mol. The van der Waals surface area contributed by atoms with Crippen LogP contribution in [0.2, 0.25) is 0 Å². The van der Waals surface area contributed by atoms with Crippen molar-refractivity contribution >= 4 is 0 Å². The van der Waals surface area contributed by atoms with Crippen LogP contribution in [-0.2, 0) is 0 Å². The second-order valence-electron chi connectivity index (χ2n) is 5.72. The molecule has 2 bridgehead atoms. The highest BCUT2D eigenvalue weighted by atomic mass is 14.6. The Morgan fingerprint density at radius 3 is 2.42 bits per heavy atom. The summed E-state index contributed by atoms with van der Waals surface area (Å²) in [6, 6.07) is 0. The lowest BCUT2D eigenvalue weighted by molar-refractivity contribution is -0.00867. The summed E-state index contributed by atoms with van der Waals surface area (Å²) in [5.74, 6) is 6.80. The van der Waals surface area contributed by atoms with Gasteiger partial charge in [-0.1, -0.05) is 13.8 Å². The number of rotatable bonds is 1. The summed E-state index contributed by atoms with van der Waals surface area (Å²) in [4.78, 5) is 0. The summed E-state index contributed by atoms with van der Waals surface area (Å²) in [6.07, 6.45) is 6.35. The largest absolute Gasteiger partial charge is 0.0625 e. The zero-order chi connectivity index (χ0) is 8.29. The van der Waals surface area contributed by atoms with Crippen molar-refractivity contribution in [1.82, 2.24) is 0 Å². The molecule has 0 aliphatic heterocycles. The molecular formula is C12H20. The molecule has 3 aliphatic carbocycles. The second-order valence-corrected chi connectivity index (χ2v) is 5.72. The summed E-state index contributed by atoms with van der Waals surface area (Å²) in [7, 11) is 0. The lowest BCUT2D eigenvalue weighted by Crippen LogP contribution is -2.43. The fourth-order valence-corrected chi connectivity index (χ4v) is 4.46. The van der Waals surface area contributed by atoms with Crippen LogP contribution in [0.4, 0.5) is 0 Å². The SMILES string of the molecule is CC(C)C1CC2C3CCC(C3)C12. The van der Waals surface area contributed by atoms with E-state index in [0.29, 0.717) is 0 Å². The Kier molecular flexibility index (Phi) is 1.40. The molecule has 0 radical (unpaired) electrons. The van der Waals surface area contributed by atoms with Crippen LogP contribution in [0.5, 0.6) is 0 Å². The Morgan fingerprint density at radius 1 is 1.00 bits per heavy atom. The third-order valence-electron chi connectivity index (χ3n) is 5.05. The molecule has 0 aromatic carbocycles. The molecule has 12 heavy (non-hydrogen) atoms. The van der Waals surface area contributed by atoms with Crippen molar-refractivity contribution in [2.45, 2.75) is 39.5 Å². The van der Waals surface area contributed by atoms with Crippen LogP contribution in [0, 0.1) is 35.5 Å². The summed E-state index contributed by atoms with van der Waals surface area (Å²) in [5.41, 5.74) is 0. The van der Waals surface area contributed by atoms with Crippen LogP contribution in [0.1, 0.15) is 39.5 Å². The molecule has 68 valence electrons. The van der Waals surface area contributed by atoms with Crippen molar-refractivity contribution < 1.29 is 0 Å². The fraction of sp³-hybridized carbons (Fsp3) is 1.00. The van der Waals surface area contributed by atoms with E-state index < -0.39 is 0 Å². The summed E-state index contributed by atoms with van der Waals surface area (Å²) in [6.45, 7) is 4.85. The van der Waals surface area contributed by atoms with Gasteiger partial charge in [-0.3, -0.25) is 0 Å². The van der Waals surface area contributed by atoms with E-state index in [0.717, 1.165) is 11.8 Å². The average Bonchev–Trinajstić information content (AvgIpc) is 2.40. The zero-order valence-electron chi connectivity index (χ0n) is 8.29. The van der Waals surface area contributed by atoms with Crippen molar-refractivity contribution in [2.24, 2.45) is 35.5 Å². The summed E-state index contributed by atoms with van der Waals surface area (Å²) < 4.78 is 0. The zero-order valence-corrected chi connectivity index (χ0v) is 8.29. The third-order valence-corrected chi connectivity index (χ3v) is 5.05. The molecule has 0 spiro atoms. The van der Waals surface area contributed by atoms with Gasteiger partial charge in [0.25, 0.3) is 0 Å². The van der Waals surface area contributed by atoms with Gasteiger partial charge in [-0.2, -0.15) is 0 Å². The molecule has 5 unspecified atom stereocenters. The molecule has 3 aliphatic rings. The van der Waals surface area contributed by atoms with Gasteiger partial charge in [0.2, 0.25) is 0 Å². The predicted molar refractivity (Wildman–Crippen MR) is 50.8 cm³/mol. The van der Waals surface area contributed by atoms with Gasteiger partial charge in [0.1, 0.15) is 0 Å². The number of hydrogen-bond acceptors (Lipinski definition) is 0. The highest BCUT2D eigenvalue weighted by Crippen LogP contribution is 2.64. The topological polar surface area (TPSA) is 0 Å². The highest BCUT2D eigenvalue weighted by Gasteiger charge is 2.57. The number of hydrogen-bond donors (Lipinski definition) is 0. The minimum atomic E-state index is 0.964. The van der Waals surface area contributed by atoms with Gasteiger partial charge in [0.05, 0.1) is 0 Å². The van der Waals surface area contributed by atoms with Crippen molar-refractivity contribution in [1.29, 1.82) is 0 Å². The van der Waals surface area contributed by atoms with Crippen molar-refractivity contribution in [3.8, 4) is 0 Å².